The summed E-state index contributed by atoms with van der Waals surface area (Å²) in [6.07, 6.45) is 1.86. The summed E-state index contributed by atoms with van der Waals surface area (Å²) in [6.45, 7) is 2.04. The highest BCUT2D eigenvalue weighted by molar-refractivity contribution is 5.85. The maximum absolute atomic E-state index is 9.80. The lowest BCUT2D eigenvalue weighted by Crippen LogP contribution is -2.26. The Morgan fingerprint density at radius 2 is 1.71 bits per heavy atom. The maximum Gasteiger partial charge on any atom is 0.119 e. The highest BCUT2D eigenvalue weighted by atomic mass is 35.5. The topological polar surface area (TPSA) is 86.7 Å². The van der Waals surface area contributed by atoms with E-state index in [1.165, 1.54) is 18.2 Å². The van der Waals surface area contributed by atoms with E-state index in [-0.39, 0.29) is 23.9 Å². The Balaban J connectivity index is 0.00000256. The first-order valence-electron chi connectivity index (χ1n) is 5.51. The Morgan fingerprint density at radius 1 is 1.18 bits per heavy atom. The van der Waals surface area contributed by atoms with Crippen molar-refractivity contribution in [2.45, 2.75) is 38.3 Å². The van der Waals surface area contributed by atoms with Crippen molar-refractivity contribution in [1.29, 1.82) is 0 Å². The van der Waals surface area contributed by atoms with Crippen LogP contribution >= 0.6 is 12.4 Å². The number of unbranched alkanes of at least 4 members (excludes halogenated alkanes) is 1. The third kappa shape index (κ3) is 4.81. The molecule has 0 unspecified atom stereocenters. The first-order chi connectivity index (χ1) is 7.54. The van der Waals surface area contributed by atoms with Gasteiger partial charge in [0.1, 0.15) is 11.5 Å². The van der Waals surface area contributed by atoms with Gasteiger partial charge in [-0.2, -0.15) is 0 Å². The zero-order chi connectivity index (χ0) is 12.1. The summed E-state index contributed by atoms with van der Waals surface area (Å²) in [5, 5.41) is 28.4. The number of phenols is 2. The van der Waals surface area contributed by atoms with E-state index in [2.05, 4.69) is 0 Å². The fourth-order valence-corrected chi connectivity index (χ4v) is 1.63. The Labute approximate surface area is 107 Å². The first-order valence-corrected chi connectivity index (χ1v) is 5.51. The van der Waals surface area contributed by atoms with E-state index in [0.717, 1.165) is 12.8 Å². The van der Waals surface area contributed by atoms with Gasteiger partial charge in [0.15, 0.2) is 0 Å². The number of aromatic hydroxyl groups is 2. The molecule has 17 heavy (non-hydrogen) atoms. The lowest BCUT2D eigenvalue weighted by atomic mass is 9.98. The number of aliphatic hydroxyl groups excluding tert-OH is 1. The zero-order valence-electron chi connectivity index (χ0n) is 9.84. The SMILES string of the molecule is CCCC[C@H](O)[C@H](N)c1cc(O)cc(O)c1.Cl. The van der Waals surface area contributed by atoms with E-state index < -0.39 is 12.1 Å². The normalized spacial score (nSPS) is 13.8. The summed E-state index contributed by atoms with van der Waals surface area (Å²) in [5.74, 6) is -0.0960. The molecule has 0 saturated heterocycles. The Hall–Kier alpha value is -0.970. The van der Waals surface area contributed by atoms with Gasteiger partial charge in [-0.05, 0) is 24.1 Å². The summed E-state index contributed by atoms with van der Waals surface area (Å²) < 4.78 is 0. The van der Waals surface area contributed by atoms with Gasteiger partial charge >= 0.3 is 0 Å². The largest absolute Gasteiger partial charge is 0.508 e. The summed E-state index contributed by atoms with van der Waals surface area (Å²) >= 11 is 0. The fourth-order valence-electron chi connectivity index (χ4n) is 1.63. The van der Waals surface area contributed by atoms with Crippen molar-refractivity contribution in [1.82, 2.24) is 0 Å². The van der Waals surface area contributed by atoms with E-state index in [9.17, 15) is 15.3 Å². The first kappa shape index (κ1) is 16.0. The molecular weight excluding hydrogens is 242 g/mol. The van der Waals surface area contributed by atoms with Gasteiger partial charge < -0.3 is 21.1 Å². The molecule has 1 aromatic carbocycles. The van der Waals surface area contributed by atoms with Gasteiger partial charge in [-0.25, -0.2) is 0 Å². The van der Waals surface area contributed by atoms with Crippen molar-refractivity contribution in [3.05, 3.63) is 23.8 Å². The summed E-state index contributed by atoms with van der Waals surface area (Å²) in [4.78, 5) is 0. The highest BCUT2D eigenvalue weighted by Gasteiger charge is 2.17. The molecule has 0 bridgehead atoms. The molecule has 0 heterocycles. The van der Waals surface area contributed by atoms with Gasteiger partial charge in [-0.1, -0.05) is 19.8 Å². The molecule has 0 fully saturated rings. The van der Waals surface area contributed by atoms with E-state index in [0.29, 0.717) is 12.0 Å². The predicted octanol–water partition coefficient (Wildman–Crippen LogP) is 2.07. The van der Waals surface area contributed by atoms with Crippen molar-refractivity contribution < 1.29 is 15.3 Å². The van der Waals surface area contributed by atoms with Gasteiger partial charge in [-0.3, -0.25) is 0 Å². The van der Waals surface area contributed by atoms with Gasteiger partial charge in [0, 0.05) is 6.07 Å². The number of halogens is 1. The average molecular weight is 262 g/mol. The number of hydrogen-bond acceptors (Lipinski definition) is 4. The van der Waals surface area contributed by atoms with Gasteiger partial charge in [0.25, 0.3) is 0 Å². The van der Waals surface area contributed by atoms with Crippen molar-refractivity contribution in [2.24, 2.45) is 5.73 Å². The molecule has 5 heteroatoms. The van der Waals surface area contributed by atoms with Crippen molar-refractivity contribution in [3.8, 4) is 11.5 Å². The molecule has 0 aliphatic carbocycles. The highest BCUT2D eigenvalue weighted by Crippen LogP contribution is 2.26. The molecule has 0 aromatic heterocycles. The summed E-state index contributed by atoms with van der Waals surface area (Å²) in [7, 11) is 0. The third-order valence-corrected chi connectivity index (χ3v) is 2.58. The molecule has 0 aliphatic heterocycles. The molecule has 98 valence electrons. The second-order valence-corrected chi connectivity index (χ2v) is 4.02. The fraction of sp³-hybridized carbons (Fsp3) is 0.500. The Morgan fingerprint density at radius 3 is 2.18 bits per heavy atom. The van der Waals surface area contributed by atoms with E-state index in [1.807, 2.05) is 6.92 Å². The van der Waals surface area contributed by atoms with Crippen LogP contribution in [0.2, 0.25) is 0 Å². The smallest absolute Gasteiger partial charge is 0.119 e. The van der Waals surface area contributed by atoms with Crippen molar-refractivity contribution in [3.63, 3.8) is 0 Å². The summed E-state index contributed by atoms with van der Waals surface area (Å²) in [5.41, 5.74) is 6.39. The van der Waals surface area contributed by atoms with Crippen LogP contribution in [0.25, 0.3) is 0 Å². The van der Waals surface area contributed by atoms with Crippen molar-refractivity contribution in [2.75, 3.05) is 0 Å². The lowest BCUT2D eigenvalue weighted by Gasteiger charge is -2.19. The third-order valence-electron chi connectivity index (χ3n) is 2.58. The van der Waals surface area contributed by atoms with Gasteiger partial charge in [0.2, 0.25) is 0 Å². The minimum atomic E-state index is -0.652. The monoisotopic (exact) mass is 261 g/mol. The second-order valence-electron chi connectivity index (χ2n) is 4.02. The molecule has 2 atom stereocenters. The average Bonchev–Trinajstić information content (AvgIpc) is 2.23. The standard InChI is InChI=1S/C12H19NO3.ClH/c1-2-3-4-11(16)12(13)8-5-9(14)7-10(15)6-8;/h5-7,11-12,14-16H,2-4,13H2,1H3;1H/t11-,12+;/m0./s1. The van der Waals surface area contributed by atoms with E-state index in [4.69, 9.17) is 5.73 Å². The lowest BCUT2D eigenvalue weighted by molar-refractivity contribution is 0.132. The molecule has 0 aliphatic rings. The number of rotatable bonds is 5. The Bertz CT molecular complexity index is 326. The van der Waals surface area contributed by atoms with Crippen LogP contribution in [0.1, 0.15) is 37.8 Å². The number of nitrogens with two attached hydrogens (primary N) is 1. The quantitative estimate of drug-likeness (QED) is 0.654. The van der Waals surface area contributed by atoms with E-state index >= 15 is 0 Å². The number of phenolic OH excluding ortho intramolecular Hbond substituents is 2. The zero-order valence-corrected chi connectivity index (χ0v) is 10.7. The minimum absolute atomic E-state index is 0. The molecule has 0 spiro atoms. The number of hydrogen-bond donors (Lipinski definition) is 4. The van der Waals surface area contributed by atoms with Crippen LogP contribution in [0.4, 0.5) is 0 Å². The molecule has 1 rings (SSSR count). The summed E-state index contributed by atoms with van der Waals surface area (Å²) in [6, 6.07) is 3.57. The van der Waals surface area contributed by atoms with E-state index in [1.54, 1.807) is 0 Å². The predicted molar refractivity (Wildman–Crippen MR) is 69.5 cm³/mol. The molecule has 0 saturated carbocycles. The van der Waals surface area contributed by atoms with Crippen LogP contribution in [-0.2, 0) is 0 Å². The van der Waals surface area contributed by atoms with Gasteiger partial charge in [-0.15, -0.1) is 12.4 Å². The Kier molecular flexibility index (Phi) is 6.95. The maximum atomic E-state index is 9.80. The van der Waals surface area contributed by atoms with Crippen LogP contribution in [0.5, 0.6) is 11.5 Å². The number of aliphatic hydroxyl groups is 1. The van der Waals surface area contributed by atoms with Crippen LogP contribution < -0.4 is 5.73 Å². The second kappa shape index (κ2) is 7.37. The molecule has 4 nitrogen and oxygen atoms in total. The van der Waals surface area contributed by atoms with Crippen LogP contribution in [-0.4, -0.2) is 21.4 Å². The molecular formula is C12H20ClNO3. The minimum Gasteiger partial charge on any atom is -0.508 e. The van der Waals surface area contributed by atoms with Crippen molar-refractivity contribution >= 4 is 12.4 Å². The molecule has 0 amide bonds. The number of benzene rings is 1. The van der Waals surface area contributed by atoms with Crippen LogP contribution in [0.3, 0.4) is 0 Å². The molecule has 0 radical (unpaired) electrons. The molecule has 1 aromatic rings. The van der Waals surface area contributed by atoms with Gasteiger partial charge in [0.05, 0.1) is 12.1 Å². The van der Waals surface area contributed by atoms with Crippen LogP contribution in [0, 0.1) is 0 Å². The molecule has 5 N–H and O–H groups in total. The van der Waals surface area contributed by atoms with Crippen LogP contribution in [0.15, 0.2) is 18.2 Å².